The van der Waals surface area contributed by atoms with Crippen LogP contribution in [0.4, 0.5) is 0 Å². The molecule has 2 aromatic carbocycles. The Hall–Kier alpha value is -3.28. The highest BCUT2D eigenvalue weighted by molar-refractivity contribution is 5.94. The quantitative estimate of drug-likeness (QED) is 0.763. The molecule has 6 heteroatoms. The van der Waals surface area contributed by atoms with Crippen LogP contribution in [-0.2, 0) is 11.3 Å². The molecule has 27 heavy (non-hydrogen) atoms. The maximum atomic E-state index is 12.0. The van der Waals surface area contributed by atoms with Gasteiger partial charge in [0.15, 0.2) is 0 Å². The van der Waals surface area contributed by atoms with Crippen molar-refractivity contribution in [2.24, 2.45) is 0 Å². The number of ether oxygens (including phenoxy) is 2. The van der Waals surface area contributed by atoms with Gasteiger partial charge in [0.25, 0.3) is 5.91 Å². The first-order valence-corrected chi connectivity index (χ1v) is 8.42. The highest BCUT2D eigenvalue weighted by Crippen LogP contribution is 2.23. The van der Waals surface area contributed by atoms with Gasteiger partial charge >= 0.3 is 0 Å². The monoisotopic (exact) mass is 368 g/mol. The second-order valence-corrected chi connectivity index (χ2v) is 6.09. The molecule has 0 radical (unpaired) electrons. The van der Waals surface area contributed by atoms with Crippen LogP contribution in [0.1, 0.15) is 21.5 Å². The van der Waals surface area contributed by atoms with Crippen LogP contribution in [0.25, 0.3) is 6.08 Å². The Kier molecular flexibility index (Phi) is 7.00. The van der Waals surface area contributed by atoms with E-state index in [4.69, 9.17) is 9.47 Å². The second kappa shape index (κ2) is 9.43. The molecule has 0 heterocycles. The summed E-state index contributed by atoms with van der Waals surface area (Å²) in [6.45, 7) is 0.376. The number of benzene rings is 2. The van der Waals surface area contributed by atoms with Crippen molar-refractivity contribution >= 4 is 17.9 Å². The molecule has 142 valence electrons. The summed E-state index contributed by atoms with van der Waals surface area (Å²) in [6.07, 6.45) is 3.15. The molecule has 1 N–H and O–H groups in total. The third-order valence-corrected chi connectivity index (χ3v) is 3.87. The number of methoxy groups -OCH3 is 2. The van der Waals surface area contributed by atoms with E-state index >= 15 is 0 Å². The molecule has 0 spiro atoms. The van der Waals surface area contributed by atoms with E-state index in [1.165, 1.54) is 11.0 Å². The van der Waals surface area contributed by atoms with Crippen LogP contribution < -0.4 is 14.8 Å². The van der Waals surface area contributed by atoms with E-state index < -0.39 is 0 Å². The zero-order chi connectivity index (χ0) is 19.8. The van der Waals surface area contributed by atoms with Crippen LogP contribution in [0.3, 0.4) is 0 Å². The largest absolute Gasteiger partial charge is 0.497 e. The van der Waals surface area contributed by atoms with E-state index in [2.05, 4.69) is 5.32 Å². The van der Waals surface area contributed by atoms with Gasteiger partial charge in [0.2, 0.25) is 5.91 Å². The molecule has 0 aromatic heterocycles. The zero-order valence-corrected chi connectivity index (χ0v) is 16.0. The average molecular weight is 368 g/mol. The molecule has 0 atom stereocenters. The Morgan fingerprint density at radius 1 is 1.00 bits per heavy atom. The van der Waals surface area contributed by atoms with Gasteiger partial charge in [-0.25, -0.2) is 0 Å². The van der Waals surface area contributed by atoms with Gasteiger partial charge in [-0.1, -0.05) is 12.1 Å². The summed E-state index contributed by atoms with van der Waals surface area (Å²) in [5, 5.41) is 2.81. The average Bonchev–Trinajstić information content (AvgIpc) is 2.70. The molecule has 0 aliphatic carbocycles. The number of carbonyl (C=O) groups excluding carboxylic acids is 2. The molecular weight excluding hydrogens is 344 g/mol. The maximum Gasteiger partial charge on any atom is 0.253 e. The summed E-state index contributed by atoms with van der Waals surface area (Å²) in [6, 6.07) is 12.5. The molecule has 0 aliphatic rings. The smallest absolute Gasteiger partial charge is 0.253 e. The lowest BCUT2D eigenvalue weighted by molar-refractivity contribution is -0.116. The standard InChI is InChI=1S/C21H24N2O4/c1-23(2)21(25)17-8-5-15(6-9-17)14-22-20(24)10-7-16-11-18(26-3)13-19(12-16)27-4/h5-13H,14H2,1-4H3,(H,22,24)/b10-7+. The maximum absolute atomic E-state index is 12.0. The van der Waals surface area contributed by atoms with Crippen molar-refractivity contribution in [1.82, 2.24) is 10.2 Å². The third-order valence-electron chi connectivity index (χ3n) is 3.87. The van der Waals surface area contributed by atoms with E-state index in [-0.39, 0.29) is 11.8 Å². The number of rotatable bonds is 7. The van der Waals surface area contributed by atoms with E-state index in [9.17, 15) is 9.59 Å². The molecule has 0 bridgehead atoms. The fraction of sp³-hybridized carbons (Fsp3) is 0.238. The number of nitrogens with zero attached hydrogens (tertiary/aromatic N) is 1. The fourth-order valence-electron chi connectivity index (χ4n) is 2.37. The number of hydrogen-bond acceptors (Lipinski definition) is 4. The highest BCUT2D eigenvalue weighted by Gasteiger charge is 2.07. The van der Waals surface area contributed by atoms with Crippen LogP contribution >= 0.6 is 0 Å². The minimum atomic E-state index is -0.217. The summed E-state index contributed by atoms with van der Waals surface area (Å²) in [7, 11) is 6.57. The lowest BCUT2D eigenvalue weighted by atomic mass is 10.1. The summed E-state index contributed by atoms with van der Waals surface area (Å²) in [4.78, 5) is 25.4. The first-order valence-electron chi connectivity index (χ1n) is 8.42. The van der Waals surface area contributed by atoms with Crippen molar-refractivity contribution < 1.29 is 19.1 Å². The van der Waals surface area contributed by atoms with Gasteiger partial charge in [0.1, 0.15) is 11.5 Å². The van der Waals surface area contributed by atoms with Crippen LogP contribution in [0.15, 0.2) is 48.5 Å². The van der Waals surface area contributed by atoms with E-state index in [0.29, 0.717) is 23.6 Å². The molecule has 0 fully saturated rings. The SMILES string of the molecule is COc1cc(/C=C/C(=O)NCc2ccc(C(=O)N(C)C)cc2)cc(OC)c1. The minimum Gasteiger partial charge on any atom is -0.497 e. The Labute approximate surface area is 159 Å². The van der Waals surface area contributed by atoms with Crippen molar-refractivity contribution in [2.75, 3.05) is 28.3 Å². The van der Waals surface area contributed by atoms with Gasteiger partial charge in [-0.05, 0) is 41.5 Å². The van der Waals surface area contributed by atoms with Crippen LogP contribution in [-0.4, -0.2) is 45.0 Å². The first-order chi connectivity index (χ1) is 12.9. The third kappa shape index (κ3) is 5.88. The van der Waals surface area contributed by atoms with Crippen molar-refractivity contribution in [3.05, 3.63) is 65.2 Å². The van der Waals surface area contributed by atoms with E-state index in [1.807, 2.05) is 24.3 Å². The van der Waals surface area contributed by atoms with Gasteiger partial charge in [-0.3, -0.25) is 9.59 Å². The van der Waals surface area contributed by atoms with Gasteiger partial charge in [-0.15, -0.1) is 0 Å². The summed E-state index contributed by atoms with van der Waals surface area (Å²) < 4.78 is 10.4. The molecule has 0 unspecified atom stereocenters. The minimum absolute atomic E-state index is 0.0535. The van der Waals surface area contributed by atoms with Crippen molar-refractivity contribution in [2.45, 2.75) is 6.54 Å². The number of carbonyl (C=O) groups is 2. The zero-order valence-electron chi connectivity index (χ0n) is 16.0. The van der Waals surface area contributed by atoms with Crippen LogP contribution in [0, 0.1) is 0 Å². The summed E-state index contributed by atoms with van der Waals surface area (Å²) >= 11 is 0. The number of amides is 2. The molecule has 0 saturated heterocycles. The molecule has 0 saturated carbocycles. The second-order valence-electron chi connectivity index (χ2n) is 6.09. The van der Waals surface area contributed by atoms with Gasteiger partial charge in [0.05, 0.1) is 14.2 Å². The Balaban J connectivity index is 1.94. The Bertz CT molecular complexity index is 804. The van der Waals surface area contributed by atoms with Crippen molar-refractivity contribution in [3.8, 4) is 11.5 Å². The van der Waals surface area contributed by atoms with Gasteiger partial charge < -0.3 is 19.7 Å². The normalized spacial score (nSPS) is 10.5. The van der Waals surface area contributed by atoms with Gasteiger partial charge in [0, 0.05) is 38.3 Å². The number of hydrogen-bond donors (Lipinski definition) is 1. The predicted molar refractivity (Wildman–Crippen MR) is 105 cm³/mol. The fourth-order valence-corrected chi connectivity index (χ4v) is 2.37. The molecule has 2 amide bonds. The first kappa shape index (κ1) is 20.0. The van der Waals surface area contributed by atoms with Crippen LogP contribution in [0.2, 0.25) is 0 Å². The Morgan fingerprint density at radius 3 is 2.11 bits per heavy atom. The molecular formula is C21H24N2O4. The Morgan fingerprint density at radius 2 is 1.59 bits per heavy atom. The molecule has 0 aliphatic heterocycles. The predicted octanol–water partition coefficient (Wildman–Crippen LogP) is 2.74. The number of nitrogens with one attached hydrogen (secondary N) is 1. The highest BCUT2D eigenvalue weighted by atomic mass is 16.5. The lowest BCUT2D eigenvalue weighted by Crippen LogP contribution is -2.22. The van der Waals surface area contributed by atoms with Crippen molar-refractivity contribution in [3.63, 3.8) is 0 Å². The molecule has 6 nitrogen and oxygen atoms in total. The topological polar surface area (TPSA) is 67.9 Å². The summed E-state index contributed by atoms with van der Waals surface area (Å²) in [5.41, 5.74) is 2.32. The van der Waals surface area contributed by atoms with Crippen molar-refractivity contribution in [1.29, 1.82) is 0 Å². The molecule has 2 rings (SSSR count). The van der Waals surface area contributed by atoms with Gasteiger partial charge in [-0.2, -0.15) is 0 Å². The van der Waals surface area contributed by atoms with E-state index in [1.54, 1.807) is 52.6 Å². The molecule has 2 aromatic rings. The lowest BCUT2D eigenvalue weighted by Gasteiger charge is -2.10. The van der Waals surface area contributed by atoms with Crippen LogP contribution in [0.5, 0.6) is 11.5 Å². The summed E-state index contributed by atoms with van der Waals surface area (Å²) in [5.74, 6) is 1.04. The van der Waals surface area contributed by atoms with E-state index in [0.717, 1.165) is 11.1 Å².